The fourth-order valence-corrected chi connectivity index (χ4v) is 3.97. The molecule has 0 aromatic heterocycles. The van der Waals surface area contributed by atoms with Crippen LogP contribution in [0.3, 0.4) is 0 Å². The van der Waals surface area contributed by atoms with E-state index in [1.165, 1.54) is 26.2 Å². The van der Waals surface area contributed by atoms with Gasteiger partial charge in [0, 0.05) is 54.9 Å². The summed E-state index contributed by atoms with van der Waals surface area (Å²) in [5, 5.41) is 5.24. The molecule has 0 amide bonds. The van der Waals surface area contributed by atoms with Crippen molar-refractivity contribution in [3.63, 3.8) is 0 Å². The molecule has 0 saturated carbocycles. The van der Waals surface area contributed by atoms with Gasteiger partial charge in [-0.2, -0.15) is 0 Å². The molecule has 0 radical (unpaired) electrons. The van der Waals surface area contributed by atoms with Gasteiger partial charge in [0.15, 0.2) is 0 Å². The van der Waals surface area contributed by atoms with Gasteiger partial charge >= 0.3 is 0 Å². The quantitative estimate of drug-likeness (QED) is 0.896. The molecule has 0 spiro atoms. The number of fused-ring (bicyclic) bond motifs is 3. The molecule has 4 rings (SSSR count). The zero-order chi connectivity index (χ0) is 14.8. The molecule has 3 nitrogen and oxygen atoms in total. The molecule has 3 fully saturated rings. The van der Waals surface area contributed by atoms with Gasteiger partial charge in [-0.3, -0.25) is 9.80 Å². The first-order chi connectivity index (χ1) is 10.2. The van der Waals surface area contributed by atoms with E-state index in [4.69, 9.17) is 23.2 Å². The Hall–Kier alpha value is -0.320. The van der Waals surface area contributed by atoms with Crippen molar-refractivity contribution in [1.82, 2.24) is 15.1 Å². The van der Waals surface area contributed by atoms with Crippen LogP contribution in [0.25, 0.3) is 0 Å². The first-order valence-corrected chi connectivity index (χ1v) is 8.56. The lowest BCUT2D eigenvalue weighted by molar-refractivity contribution is -0.00288. The lowest BCUT2D eigenvalue weighted by Gasteiger charge is -2.50. The second kappa shape index (κ2) is 6.84. The van der Waals surface area contributed by atoms with Crippen LogP contribution in [0.4, 0.5) is 0 Å². The second-order valence-electron chi connectivity index (χ2n) is 6.01. The Bertz CT molecular complexity index is 486. The number of halogens is 2. The predicted octanol–water partition coefficient (Wildman–Crippen LogP) is 2.51. The SMILES string of the molecule is CCNC(Cc1cc(Cl)ccc1Cl)C1CN2CCN1CC2. The van der Waals surface area contributed by atoms with Crippen LogP contribution in [0.2, 0.25) is 10.0 Å². The van der Waals surface area contributed by atoms with E-state index in [1.807, 2.05) is 18.2 Å². The van der Waals surface area contributed by atoms with E-state index in [9.17, 15) is 0 Å². The molecule has 0 aliphatic carbocycles. The molecule has 3 aliphatic heterocycles. The number of hydrogen-bond acceptors (Lipinski definition) is 3. The maximum atomic E-state index is 6.35. The molecule has 1 aromatic rings. The van der Waals surface area contributed by atoms with Gasteiger partial charge in [-0.15, -0.1) is 0 Å². The zero-order valence-electron chi connectivity index (χ0n) is 12.5. The summed E-state index contributed by atoms with van der Waals surface area (Å²) in [5.74, 6) is 0. The van der Waals surface area contributed by atoms with Gasteiger partial charge in [-0.25, -0.2) is 0 Å². The van der Waals surface area contributed by atoms with E-state index in [2.05, 4.69) is 22.0 Å². The fraction of sp³-hybridized carbons (Fsp3) is 0.625. The summed E-state index contributed by atoms with van der Waals surface area (Å²) in [4.78, 5) is 5.21. The maximum Gasteiger partial charge on any atom is 0.0439 e. The van der Waals surface area contributed by atoms with Crippen LogP contribution in [0, 0.1) is 0 Å². The number of nitrogens with zero attached hydrogens (tertiary/aromatic N) is 2. The summed E-state index contributed by atoms with van der Waals surface area (Å²) in [6.45, 7) is 9.12. The molecule has 2 unspecified atom stereocenters. The topological polar surface area (TPSA) is 18.5 Å². The summed E-state index contributed by atoms with van der Waals surface area (Å²) in [6.07, 6.45) is 0.933. The molecule has 3 heterocycles. The Morgan fingerprint density at radius 2 is 2.00 bits per heavy atom. The highest BCUT2D eigenvalue weighted by Gasteiger charge is 2.36. The number of piperazine rings is 3. The minimum absolute atomic E-state index is 0.425. The zero-order valence-corrected chi connectivity index (χ0v) is 14.0. The molecular weight excluding hydrogens is 305 g/mol. The van der Waals surface area contributed by atoms with Crippen molar-refractivity contribution in [3.8, 4) is 0 Å². The lowest BCUT2D eigenvalue weighted by atomic mass is 9.94. The smallest absolute Gasteiger partial charge is 0.0439 e. The van der Waals surface area contributed by atoms with Crippen LogP contribution < -0.4 is 5.32 Å². The monoisotopic (exact) mass is 327 g/mol. The molecule has 5 heteroatoms. The first kappa shape index (κ1) is 15.6. The number of hydrogen-bond donors (Lipinski definition) is 1. The van der Waals surface area contributed by atoms with Crippen molar-refractivity contribution in [3.05, 3.63) is 33.8 Å². The van der Waals surface area contributed by atoms with Gasteiger partial charge < -0.3 is 5.32 Å². The van der Waals surface area contributed by atoms with Crippen molar-refractivity contribution in [1.29, 1.82) is 0 Å². The van der Waals surface area contributed by atoms with Crippen molar-refractivity contribution >= 4 is 23.2 Å². The molecule has 2 atom stereocenters. The third-order valence-electron chi connectivity index (χ3n) is 4.70. The average molecular weight is 328 g/mol. The minimum Gasteiger partial charge on any atom is -0.312 e. The molecule has 1 aromatic carbocycles. The van der Waals surface area contributed by atoms with Crippen LogP contribution in [0.5, 0.6) is 0 Å². The first-order valence-electron chi connectivity index (χ1n) is 7.81. The third kappa shape index (κ3) is 3.54. The highest BCUT2D eigenvalue weighted by atomic mass is 35.5. The van der Waals surface area contributed by atoms with Gasteiger partial charge in [-0.05, 0) is 36.7 Å². The van der Waals surface area contributed by atoms with Gasteiger partial charge in [0.05, 0.1) is 0 Å². The summed E-state index contributed by atoms with van der Waals surface area (Å²) in [7, 11) is 0. The molecule has 3 aliphatic rings. The van der Waals surface area contributed by atoms with E-state index in [-0.39, 0.29) is 0 Å². The second-order valence-corrected chi connectivity index (χ2v) is 6.85. The van der Waals surface area contributed by atoms with Crippen LogP contribution in [-0.2, 0) is 6.42 Å². The van der Waals surface area contributed by atoms with E-state index in [1.54, 1.807) is 0 Å². The average Bonchev–Trinajstić information content (AvgIpc) is 2.51. The van der Waals surface area contributed by atoms with Crippen molar-refractivity contribution < 1.29 is 0 Å². The standard InChI is InChI=1S/C16H23Cl2N3/c1-2-19-15(10-12-9-13(17)3-4-14(12)18)16-11-20-5-7-21(16)8-6-20/h3-4,9,15-16,19H,2,5-8,10-11H2,1H3. The number of rotatable bonds is 5. The Labute approximate surface area is 137 Å². The molecule has 2 bridgehead atoms. The van der Waals surface area contributed by atoms with Gasteiger partial charge in [0.25, 0.3) is 0 Å². The molecule has 116 valence electrons. The van der Waals surface area contributed by atoms with Gasteiger partial charge in [0.1, 0.15) is 0 Å². The fourth-order valence-electron chi connectivity index (χ4n) is 3.58. The number of nitrogens with one attached hydrogen (secondary N) is 1. The van der Waals surface area contributed by atoms with E-state index in [0.29, 0.717) is 12.1 Å². The van der Waals surface area contributed by atoms with Gasteiger partial charge in [0.2, 0.25) is 0 Å². The van der Waals surface area contributed by atoms with Crippen LogP contribution in [0.15, 0.2) is 18.2 Å². The Kier molecular flexibility index (Phi) is 5.07. The highest BCUT2D eigenvalue weighted by molar-refractivity contribution is 6.33. The summed E-state index contributed by atoms with van der Waals surface area (Å²) in [5.41, 5.74) is 1.15. The van der Waals surface area contributed by atoms with Crippen LogP contribution in [0.1, 0.15) is 12.5 Å². The lowest BCUT2D eigenvalue weighted by Crippen LogP contribution is -2.66. The molecule has 21 heavy (non-hydrogen) atoms. The van der Waals surface area contributed by atoms with Gasteiger partial charge in [-0.1, -0.05) is 30.1 Å². The van der Waals surface area contributed by atoms with E-state index in [0.717, 1.165) is 35.1 Å². The predicted molar refractivity (Wildman–Crippen MR) is 89.4 cm³/mol. The Balaban J connectivity index is 1.76. The largest absolute Gasteiger partial charge is 0.312 e. The molecule has 3 saturated heterocycles. The van der Waals surface area contributed by atoms with E-state index < -0.39 is 0 Å². The maximum absolute atomic E-state index is 6.35. The van der Waals surface area contributed by atoms with Crippen molar-refractivity contribution in [2.45, 2.75) is 25.4 Å². The Morgan fingerprint density at radius 1 is 1.24 bits per heavy atom. The minimum atomic E-state index is 0.425. The van der Waals surface area contributed by atoms with Crippen molar-refractivity contribution in [2.24, 2.45) is 0 Å². The van der Waals surface area contributed by atoms with E-state index >= 15 is 0 Å². The number of likely N-dealkylation sites (N-methyl/N-ethyl adjacent to an activating group) is 1. The third-order valence-corrected chi connectivity index (χ3v) is 5.30. The summed E-state index contributed by atoms with van der Waals surface area (Å²) in [6, 6.07) is 6.76. The molecule has 1 N–H and O–H groups in total. The summed E-state index contributed by atoms with van der Waals surface area (Å²) >= 11 is 12.5. The normalized spacial score (nSPS) is 29.6. The number of benzene rings is 1. The van der Waals surface area contributed by atoms with Crippen LogP contribution in [-0.4, -0.2) is 61.2 Å². The highest BCUT2D eigenvalue weighted by Crippen LogP contribution is 2.25. The summed E-state index contributed by atoms with van der Waals surface area (Å²) < 4.78 is 0. The Morgan fingerprint density at radius 3 is 2.62 bits per heavy atom. The van der Waals surface area contributed by atoms with Crippen LogP contribution >= 0.6 is 23.2 Å². The van der Waals surface area contributed by atoms with Crippen molar-refractivity contribution in [2.75, 3.05) is 39.3 Å². The molecular formula is C16H23Cl2N3.